The van der Waals surface area contributed by atoms with Crippen molar-refractivity contribution in [3.05, 3.63) is 42.0 Å². The zero-order chi connectivity index (χ0) is 29.4. The maximum absolute atomic E-state index is 12.4. The summed E-state index contributed by atoms with van der Waals surface area (Å²) in [6.45, 7) is 4.48. The first kappa shape index (κ1) is 31.5. The molecule has 4 rings (SSSR count). The number of fused-ring (bicyclic) bond motifs is 1. The van der Waals surface area contributed by atoms with Gasteiger partial charge in [-0.05, 0) is 44.4 Å². The van der Waals surface area contributed by atoms with Gasteiger partial charge in [-0.1, -0.05) is 5.16 Å². The summed E-state index contributed by atoms with van der Waals surface area (Å²) in [6, 6.07) is 5.59. The molecule has 2 aromatic rings. The van der Waals surface area contributed by atoms with Gasteiger partial charge in [-0.3, -0.25) is 14.7 Å². The summed E-state index contributed by atoms with van der Waals surface area (Å²) in [5.41, 5.74) is 1.65. The number of carbonyl (C=O) groups excluding carboxylic acids is 1. The van der Waals surface area contributed by atoms with Crippen molar-refractivity contribution in [1.29, 1.82) is 0 Å². The summed E-state index contributed by atoms with van der Waals surface area (Å²) in [5, 5.41) is 21.2. The van der Waals surface area contributed by atoms with E-state index in [-0.39, 0.29) is 18.1 Å². The maximum Gasteiger partial charge on any atom is 0.490 e. The number of aryl methyl sites for hydroxylation is 1. The molecule has 11 nitrogen and oxygen atoms in total. The molecular formula is C22H24F6N4O7. The SMILES string of the molecule is Cc1cc(CN2CC[C@H]3C[C@@H](C(=O)Nc4cccnc4)O[C@H]3C2)no1.O=C(O)C(F)(F)F.O=C(O)C(F)(F)F. The number of carboxylic acid groups (broad SMARTS) is 2. The number of amides is 1. The minimum Gasteiger partial charge on any atom is -0.475 e. The zero-order valence-electron chi connectivity index (χ0n) is 20.2. The second kappa shape index (κ2) is 13.4. The van der Waals surface area contributed by atoms with Gasteiger partial charge in [0.2, 0.25) is 0 Å². The maximum atomic E-state index is 12.4. The highest BCUT2D eigenvalue weighted by Gasteiger charge is 2.42. The Morgan fingerprint density at radius 3 is 2.23 bits per heavy atom. The van der Waals surface area contributed by atoms with Gasteiger partial charge >= 0.3 is 24.3 Å². The Morgan fingerprint density at radius 1 is 1.13 bits per heavy atom. The van der Waals surface area contributed by atoms with E-state index in [2.05, 4.69) is 20.4 Å². The van der Waals surface area contributed by atoms with Crippen molar-refractivity contribution in [2.75, 3.05) is 18.4 Å². The second-order valence-electron chi connectivity index (χ2n) is 8.45. The third-order valence-corrected chi connectivity index (χ3v) is 5.40. The molecule has 0 radical (unpaired) electrons. The van der Waals surface area contributed by atoms with E-state index in [1.54, 1.807) is 18.5 Å². The van der Waals surface area contributed by atoms with E-state index in [0.717, 1.165) is 43.9 Å². The van der Waals surface area contributed by atoms with Crippen LogP contribution in [0.3, 0.4) is 0 Å². The number of hydrogen-bond acceptors (Lipinski definition) is 8. The molecular weight excluding hydrogens is 546 g/mol. The number of alkyl halides is 6. The Bertz CT molecular complexity index is 1090. The largest absolute Gasteiger partial charge is 0.490 e. The van der Waals surface area contributed by atoms with Crippen molar-refractivity contribution >= 4 is 23.5 Å². The first-order chi connectivity index (χ1) is 18.1. The highest BCUT2D eigenvalue weighted by molar-refractivity contribution is 5.94. The Balaban J connectivity index is 0.000000317. The Labute approximate surface area is 216 Å². The van der Waals surface area contributed by atoms with Crippen molar-refractivity contribution in [2.24, 2.45) is 5.92 Å². The van der Waals surface area contributed by atoms with Crippen molar-refractivity contribution in [3.8, 4) is 0 Å². The van der Waals surface area contributed by atoms with Crippen molar-refractivity contribution in [3.63, 3.8) is 0 Å². The standard InChI is InChI=1S/C18H22N4O3.2C2HF3O2/c1-12-7-15(21-25-12)10-22-6-4-13-8-16(24-17(13)11-22)18(23)20-14-3-2-5-19-9-14;2*3-2(4,5)1(6)7/h2-3,5,7,9,13,16-17H,4,6,8,10-11H2,1H3,(H,20,23);2*(H,6,7)/t13-,16-,17-;;/m0../s1. The van der Waals surface area contributed by atoms with Crippen LogP contribution in [-0.4, -0.2) is 80.7 Å². The monoisotopic (exact) mass is 570 g/mol. The van der Waals surface area contributed by atoms with Crippen LogP contribution < -0.4 is 5.32 Å². The van der Waals surface area contributed by atoms with E-state index in [1.165, 1.54) is 0 Å². The summed E-state index contributed by atoms with van der Waals surface area (Å²) in [6.07, 6.45) is -5.30. The molecule has 3 N–H and O–H groups in total. The van der Waals surface area contributed by atoms with Gasteiger partial charge in [0.05, 0.1) is 23.7 Å². The number of piperidine rings is 1. The average Bonchev–Trinajstić information content (AvgIpc) is 3.45. The van der Waals surface area contributed by atoms with Crippen LogP contribution >= 0.6 is 0 Å². The number of ether oxygens (including phenoxy) is 1. The van der Waals surface area contributed by atoms with Crippen LogP contribution in [0.5, 0.6) is 0 Å². The third kappa shape index (κ3) is 10.5. The zero-order valence-corrected chi connectivity index (χ0v) is 20.2. The topological polar surface area (TPSA) is 155 Å². The molecule has 0 aliphatic carbocycles. The molecule has 0 saturated carbocycles. The number of rotatable bonds is 4. The van der Waals surface area contributed by atoms with Gasteiger partial charge in [0.25, 0.3) is 5.91 Å². The fraction of sp³-hybridized carbons (Fsp3) is 0.500. The molecule has 2 aliphatic heterocycles. The Kier molecular flexibility index (Phi) is 10.8. The van der Waals surface area contributed by atoms with Crippen molar-refractivity contribution in [1.82, 2.24) is 15.0 Å². The van der Waals surface area contributed by atoms with Gasteiger partial charge in [0.1, 0.15) is 11.9 Å². The summed E-state index contributed by atoms with van der Waals surface area (Å²) in [5.74, 6) is -4.32. The number of anilines is 1. The van der Waals surface area contributed by atoms with Gasteiger partial charge in [-0.15, -0.1) is 0 Å². The lowest BCUT2D eigenvalue weighted by atomic mass is 9.91. The Hall–Kier alpha value is -3.73. The molecule has 0 aromatic carbocycles. The number of carboxylic acids is 2. The fourth-order valence-electron chi connectivity index (χ4n) is 3.69. The molecule has 39 heavy (non-hydrogen) atoms. The molecule has 1 amide bonds. The van der Waals surface area contributed by atoms with Gasteiger partial charge in [-0.25, -0.2) is 9.59 Å². The number of carbonyl (C=O) groups is 3. The number of hydrogen-bond donors (Lipinski definition) is 3. The minimum absolute atomic E-state index is 0.0823. The third-order valence-electron chi connectivity index (χ3n) is 5.40. The number of nitrogens with one attached hydrogen (secondary N) is 1. The van der Waals surface area contributed by atoms with E-state index < -0.39 is 24.3 Å². The predicted molar refractivity (Wildman–Crippen MR) is 118 cm³/mol. The number of aliphatic carboxylic acids is 2. The van der Waals surface area contributed by atoms with Gasteiger partial charge in [0, 0.05) is 25.4 Å². The molecule has 0 spiro atoms. The molecule has 2 fully saturated rings. The van der Waals surface area contributed by atoms with E-state index in [0.29, 0.717) is 11.6 Å². The summed E-state index contributed by atoms with van der Waals surface area (Å²) in [7, 11) is 0. The fourth-order valence-corrected chi connectivity index (χ4v) is 3.69. The van der Waals surface area contributed by atoms with Crippen LogP contribution in [0, 0.1) is 12.8 Å². The number of pyridine rings is 1. The molecule has 2 aliphatic rings. The normalized spacial score (nSPS) is 20.9. The molecule has 3 atom stereocenters. The van der Waals surface area contributed by atoms with E-state index in [9.17, 15) is 31.1 Å². The quantitative estimate of drug-likeness (QED) is 0.467. The first-order valence-electron chi connectivity index (χ1n) is 11.2. The summed E-state index contributed by atoms with van der Waals surface area (Å²) >= 11 is 0. The molecule has 0 bridgehead atoms. The van der Waals surface area contributed by atoms with Crippen LogP contribution in [-0.2, 0) is 25.7 Å². The van der Waals surface area contributed by atoms with Crippen LogP contribution in [0.15, 0.2) is 35.1 Å². The lowest BCUT2D eigenvalue weighted by Gasteiger charge is -2.33. The Morgan fingerprint density at radius 2 is 1.74 bits per heavy atom. The van der Waals surface area contributed by atoms with Crippen molar-refractivity contribution < 1.29 is 60.2 Å². The van der Waals surface area contributed by atoms with E-state index in [4.69, 9.17) is 29.1 Å². The average molecular weight is 570 g/mol. The van der Waals surface area contributed by atoms with E-state index in [1.807, 2.05) is 19.1 Å². The first-order valence-corrected chi connectivity index (χ1v) is 11.2. The number of aromatic nitrogens is 2. The lowest BCUT2D eigenvalue weighted by molar-refractivity contribution is -0.193. The van der Waals surface area contributed by atoms with Crippen LogP contribution in [0.4, 0.5) is 32.0 Å². The molecule has 2 aromatic heterocycles. The van der Waals surface area contributed by atoms with Gasteiger partial charge in [0.15, 0.2) is 0 Å². The molecule has 216 valence electrons. The van der Waals surface area contributed by atoms with Crippen LogP contribution in [0.2, 0.25) is 0 Å². The number of halogens is 6. The number of nitrogens with zero attached hydrogens (tertiary/aromatic N) is 3. The van der Waals surface area contributed by atoms with E-state index >= 15 is 0 Å². The molecule has 2 saturated heterocycles. The van der Waals surface area contributed by atoms with Crippen molar-refractivity contribution in [2.45, 2.75) is 50.9 Å². The van der Waals surface area contributed by atoms with Crippen LogP contribution in [0.1, 0.15) is 24.3 Å². The second-order valence-corrected chi connectivity index (χ2v) is 8.45. The highest BCUT2D eigenvalue weighted by atomic mass is 19.4. The number of likely N-dealkylation sites (tertiary alicyclic amines) is 1. The highest BCUT2D eigenvalue weighted by Crippen LogP contribution is 2.34. The molecule has 0 unspecified atom stereocenters. The summed E-state index contributed by atoms with van der Waals surface area (Å²) in [4.78, 5) is 36.6. The van der Waals surface area contributed by atoms with Gasteiger partial charge in [-0.2, -0.15) is 26.3 Å². The minimum atomic E-state index is -5.08. The predicted octanol–water partition coefficient (Wildman–Crippen LogP) is 3.26. The van der Waals surface area contributed by atoms with Gasteiger partial charge < -0.3 is 24.8 Å². The van der Waals surface area contributed by atoms with Crippen LogP contribution in [0.25, 0.3) is 0 Å². The molecule has 4 heterocycles. The molecule has 17 heteroatoms. The smallest absolute Gasteiger partial charge is 0.475 e. The lowest BCUT2D eigenvalue weighted by Crippen LogP contribution is -2.42. The summed E-state index contributed by atoms with van der Waals surface area (Å²) < 4.78 is 74.7.